The molecule has 2 N–H and O–H groups in total. The van der Waals surface area contributed by atoms with Crippen molar-refractivity contribution in [2.45, 2.75) is 0 Å². The van der Waals surface area contributed by atoms with E-state index >= 15 is 0 Å². The van der Waals surface area contributed by atoms with E-state index in [4.69, 9.17) is 0 Å². The summed E-state index contributed by atoms with van der Waals surface area (Å²) in [4.78, 5) is 22.0. The molecule has 25 heavy (non-hydrogen) atoms. The Hall–Kier alpha value is -3.74. The lowest BCUT2D eigenvalue weighted by atomic mass is 10.1. The van der Waals surface area contributed by atoms with Crippen LogP contribution in [0.5, 0.6) is 5.75 Å². The molecular formula is C18H13N3O4. The van der Waals surface area contributed by atoms with E-state index in [2.05, 4.69) is 10.5 Å². The molecule has 0 aliphatic carbocycles. The number of nitrogens with one attached hydrogen (secondary N) is 1. The molecule has 0 aliphatic heterocycles. The van der Waals surface area contributed by atoms with Gasteiger partial charge >= 0.3 is 0 Å². The Balaban J connectivity index is 1.73. The number of phenolic OH excluding ortho intramolecular Hbond substituents is 1. The van der Waals surface area contributed by atoms with Crippen LogP contribution in [0.15, 0.2) is 65.8 Å². The van der Waals surface area contributed by atoms with Crippen LogP contribution in [0.25, 0.3) is 10.8 Å². The van der Waals surface area contributed by atoms with Gasteiger partial charge in [-0.05, 0) is 23.6 Å². The smallest absolute Gasteiger partial charge is 0.271 e. The SMILES string of the molecule is O=C(NN=Cc1ccc2ccccc2c1O)c1ccc([N+](=O)[O-])cc1. The Bertz CT molecular complexity index is 981. The van der Waals surface area contributed by atoms with Crippen molar-refractivity contribution in [1.82, 2.24) is 5.43 Å². The molecule has 1 amide bonds. The molecule has 7 heteroatoms. The fourth-order valence-electron chi connectivity index (χ4n) is 2.34. The number of nitro groups is 1. The van der Waals surface area contributed by atoms with Crippen molar-refractivity contribution in [2.24, 2.45) is 5.10 Å². The topological polar surface area (TPSA) is 105 Å². The highest BCUT2D eigenvalue weighted by Crippen LogP contribution is 2.27. The quantitative estimate of drug-likeness (QED) is 0.434. The molecule has 0 fully saturated rings. The summed E-state index contributed by atoms with van der Waals surface area (Å²) in [5.74, 6) is -0.433. The molecule has 0 atom stereocenters. The Kier molecular flexibility index (Phi) is 4.38. The van der Waals surface area contributed by atoms with Crippen molar-refractivity contribution >= 4 is 28.6 Å². The van der Waals surface area contributed by atoms with Gasteiger partial charge in [0.05, 0.1) is 11.1 Å². The van der Waals surface area contributed by atoms with Gasteiger partial charge in [0, 0.05) is 28.6 Å². The number of aromatic hydroxyl groups is 1. The first-order chi connectivity index (χ1) is 12.1. The van der Waals surface area contributed by atoms with Crippen molar-refractivity contribution in [2.75, 3.05) is 0 Å². The molecule has 0 saturated carbocycles. The third-order valence-corrected chi connectivity index (χ3v) is 3.64. The van der Waals surface area contributed by atoms with Gasteiger partial charge < -0.3 is 5.11 Å². The number of phenols is 1. The molecule has 3 rings (SSSR count). The van der Waals surface area contributed by atoms with Crippen LogP contribution in [0.1, 0.15) is 15.9 Å². The molecular weight excluding hydrogens is 322 g/mol. The molecule has 3 aromatic rings. The van der Waals surface area contributed by atoms with E-state index in [0.29, 0.717) is 10.9 Å². The van der Waals surface area contributed by atoms with E-state index in [0.717, 1.165) is 5.39 Å². The van der Waals surface area contributed by atoms with Crippen molar-refractivity contribution < 1.29 is 14.8 Å². The first-order valence-electron chi connectivity index (χ1n) is 7.35. The molecule has 0 bridgehead atoms. The zero-order valence-electron chi connectivity index (χ0n) is 12.9. The highest BCUT2D eigenvalue weighted by molar-refractivity contribution is 5.98. The van der Waals surface area contributed by atoms with Gasteiger partial charge in [0.25, 0.3) is 11.6 Å². The number of fused-ring (bicyclic) bond motifs is 1. The number of non-ortho nitro benzene ring substituents is 1. The minimum atomic E-state index is -0.539. The summed E-state index contributed by atoms with van der Waals surface area (Å²) < 4.78 is 0. The van der Waals surface area contributed by atoms with E-state index < -0.39 is 10.8 Å². The molecule has 0 saturated heterocycles. The second-order valence-electron chi connectivity index (χ2n) is 5.23. The minimum absolute atomic E-state index is 0.0754. The Morgan fingerprint density at radius 1 is 1.08 bits per heavy atom. The van der Waals surface area contributed by atoms with Gasteiger partial charge in [-0.1, -0.05) is 30.3 Å². The van der Waals surface area contributed by atoms with Gasteiger partial charge in [-0.2, -0.15) is 5.10 Å². The van der Waals surface area contributed by atoms with Gasteiger partial charge in [0.2, 0.25) is 0 Å². The van der Waals surface area contributed by atoms with Crippen LogP contribution in [-0.4, -0.2) is 22.2 Å². The number of rotatable bonds is 4. The first-order valence-corrected chi connectivity index (χ1v) is 7.35. The zero-order chi connectivity index (χ0) is 17.8. The van der Waals surface area contributed by atoms with E-state index in [1.165, 1.54) is 30.5 Å². The van der Waals surface area contributed by atoms with E-state index in [9.17, 15) is 20.0 Å². The molecule has 0 spiro atoms. The van der Waals surface area contributed by atoms with Gasteiger partial charge in [0.15, 0.2) is 0 Å². The predicted molar refractivity (Wildman–Crippen MR) is 93.8 cm³/mol. The Labute approximate surface area is 142 Å². The summed E-state index contributed by atoms with van der Waals surface area (Å²) in [6.45, 7) is 0. The van der Waals surface area contributed by atoms with Crippen LogP contribution in [-0.2, 0) is 0 Å². The van der Waals surface area contributed by atoms with Crippen molar-refractivity contribution in [3.63, 3.8) is 0 Å². The van der Waals surface area contributed by atoms with Gasteiger partial charge in [0.1, 0.15) is 5.75 Å². The third kappa shape index (κ3) is 3.45. The number of benzene rings is 3. The molecule has 0 aliphatic rings. The lowest BCUT2D eigenvalue weighted by Gasteiger charge is -2.04. The largest absolute Gasteiger partial charge is 0.507 e. The predicted octanol–water partition coefficient (Wildman–Crippen LogP) is 3.22. The Morgan fingerprint density at radius 3 is 2.52 bits per heavy atom. The summed E-state index contributed by atoms with van der Waals surface area (Å²) >= 11 is 0. The summed E-state index contributed by atoms with van der Waals surface area (Å²) in [5.41, 5.74) is 2.93. The summed E-state index contributed by atoms with van der Waals surface area (Å²) in [6, 6.07) is 16.1. The number of hydrazone groups is 1. The molecule has 124 valence electrons. The lowest BCUT2D eigenvalue weighted by molar-refractivity contribution is -0.384. The second kappa shape index (κ2) is 6.79. The van der Waals surface area contributed by atoms with Crippen molar-refractivity contribution in [1.29, 1.82) is 0 Å². The van der Waals surface area contributed by atoms with Crippen molar-refractivity contribution in [3.8, 4) is 5.75 Å². The average Bonchev–Trinajstić information content (AvgIpc) is 2.64. The summed E-state index contributed by atoms with van der Waals surface area (Å²) in [7, 11) is 0. The standard InChI is InChI=1S/C18H13N3O4/c22-17-14(6-5-12-3-1-2-4-16(12)17)11-19-20-18(23)13-7-9-15(10-8-13)21(24)25/h1-11,22H,(H,20,23). The van der Waals surface area contributed by atoms with E-state index in [-0.39, 0.29) is 17.0 Å². The van der Waals surface area contributed by atoms with Crippen LogP contribution in [0.2, 0.25) is 0 Å². The lowest BCUT2D eigenvalue weighted by Crippen LogP contribution is -2.17. The number of hydrogen-bond donors (Lipinski definition) is 2. The van der Waals surface area contributed by atoms with Crippen LogP contribution in [0, 0.1) is 10.1 Å². The second-order valence-corrected chi connectivity index (χ2v) is 5.23. The average molecular weight is 335 g/mol. The highest BCUT2D eigenvalue weighted by Gasteiger charge is 2.09. The monoisotopic (exact) mass is 335 g/mol. The van der Waals surface area contributed by atoms with Gasteiger partial charge in [-0.25, -0.2) is 5.43 Å². The van der Waals surface area contributed by atoms with Gasteiger partial charge in [-0.3, -0.25) is 14.9 Å². The van der Waals surface area contributed by atoms with E-state index in [1.54, 1.807) is 12.1 Å². The third-order valence-electron chi connectivity index (χ3n) is 3.64. The normalized spacial score (nSPS) is 10.9. The maximum Gasteiger partial charge on any atom is 0.271 e. The fraction of sp³-hybridized carbons (Fsp3) is 0. The minimum Gasteiger partial charge on any atom is -0.507 e. The highest BCUT2D eigenvalue weighted by atomic mass is 16.6. The van der Waals surface area contributed by atoms with Crippen LogP contribution in [0.4, 0.5) is 5.69 Å². The number of carbonyl (C=O) groups excluding carboxylic acids is 1. The number of hydrogen-bond acceptors (Lipinski definition) is 5. The van der Waals surface area contributed by atoms with Crippen molar-refractivity contribution in [3.05, 3.63) is 81.9 Å². The first kappa shape index (κ1) is 16.1. The number of nitrogens with zero attached hydrogens (tertiary/aromatic N) is 2. The van der Waals surface area contributed by atoms with Crippen LogP contribution < -0.4 is 5.43 Å². The molecule has 3 aromatic carbocycles. The zero-order valence-corrected chi connectivity index (χ0v) is 12.9. The molecule has 0 aromatic heterocycles. The van der Waals surface area contributed by atoms with Crippen LogP contribution in [0.3, 0.4) is 0 Å². The number of carbonyl (C=O) groups is 1. The maximum atomic E-state index is 12.0. The Morgan fingerprint density at radius 2 is 1.80 bits per heavy atom. The summed E-state index contributed by atoms with van der Waals surface area (Å²) in [5, 5.41) is 26.2. The molecule has 7 nitrogen and oxygen atoms in total. The molecule has 0 heterocycles. The summed E-state index contributed by atoms with van der Waals surface area (Å²) in [6.07, 6.45) is 1.34. The fourth-order valence-corrected chi connectivity index (χ4v) is 2.34. The molecule has 0 radical (unpaired) electrons. The van der Waals surface area contributed by atoms with Gasteiger partial charge in [-0.15, -0.1) is 0 Å². The number of nitro benzene ring substituents is 1. The number of amides is 1. The van der Waals surface area contributed by atoms with E-state index in [1.807, 2.05) is 24.3 Å². The van der Waals surface area contributed by atoms with Crippen LogP contribution >= 0.6 is 0 Å². The maximum absolute atomic E-state index is 12.0. The molecule has 0 unspecified atom stereocenters.